The van der Waals surface area contributed by atoms with E-state index in [1.54, 1.807) is 0 Å². The monoisotopic (exact) mass is 680 g/mol. The molecule has 2 heterocycles. The number of nitrogens with one attached hydrogen (secondary N) is 1. The Balaban J connectivity index is 1.07. The normalized spacial score (nSPS) is 17.5. The van der Waals surface area contributed by atoms with Crippen molar-refractivity contribution in [2.24, 2.45) is 4.99 Å². The lowest BCUT2D eigenvalue weighted by Gasteiger charge is -2.39. The second-order valence-corrected chi connectivity index (χ2v) is 15.1. The summed E-state index contributed by atoms with van der Waals surface area (Å²) in [6.07, 6.45) is 2.28. The highest BCUT2D eigenvalue weighted by Crippen LogP contribution is 2.62. The van der Waals surface area contributed by atoms with Gasteiger partial charge in [0.1, 0.15) is 17.3 Å². The van der Waals surface area contributed by atoms with Gasteiger partial charge in [-0.1, -0.05) is 166 Å². The molecule has 0 saturated carbocycles. The lowest BCUT2D eigenvalue weighted by atomic mass is 9.66. The summed E-state index contributed by atoms with van der Waals surface area (Å²) < 4.78 is 6.87. The van der Waals surface area contributed by atoms with Gasteiger partial charge in [-0.25, -0.2) is 0 Å². The van der Waals surface area contributed by atoms with Gasteiger partial charge < -0.3 is 10.1 Å². The van der Waals surface area contributed by atoms with Crippen LogP contribution in [-0.2, 0) is 10.8 Å². The van der Waals surface area contributed by atoms with E-state index in [1.165, 1.54) is 55.6 Å². The summed E-state index contributed by atoms with van der Waals surface area (Å²) in [6, 6.07) is 59.1. The minimum Gasteiger partial charge on any atom is -0.457 e. The fourth-order valence-electron chi connectivity index (χ4n) is 9.55. The number of hydrogen-bond acceptors (Lipinski definition) is 3. The van der Waals surface area contributed by atoms with Crippen LogP contribution in [0.5, 0.6) is 11.5 Å². The smallest absolute Gasteiger partial charge is 0.133 e. The van der Waals surface area contributed by atoms with Gasteiger partial charge in [0, 0.05) is 33.4 Å². The molecule has 1 atom stereocenters. The second kappa shape index (κ2) is 11.0. The summed E-state index contributed by atoms with van der Waals surface area (Å²) in [6.45, 7) is 4.67. The molecule has 2 aliphatic carbocycles. The minimum absolute atomic E-state index is 0.0903. The maximum Gasteiger partial charge on any atom is 0.133 e. The van der Waals surface area contributed by atoms with Crippen LogP contribution >= 0.6 is 0 Å². The first-order valence-electron chi connectivity index (χ1n) is 18.5. The van der Waals surface area contributed by atoms with Crippen LogP contribution in [0.1, 0.15) is 70.0 Å². The van der Waals surface area contributed by atoms with E-state index in [1.807, 2.05) is 0 Å². The van der Waals surface area contributed by atoms with Crippen molar-refractivity contribution in [3.8, 4) is 33.8 Å². The minimum atomic E-state index is -0.488. The van der Waals surface area contributed by atoms with E-state index in [0.717, 1.165) is 39.7 Å². The lowest BCUT2D eigenvalue weighted by Crippen LogP contribution is -2.32. The van der Waals surface area contributed by atoms with Gasteiger partial charge in [0.05, 0.1) is 11.5 Å². The first-order chi connectivity index (χ1) is 26.0. The van der Waals surface area contributed by atoms with Crippen molar-refractivity contribution in [2.45, 2.75) is 30.7 Å². The standard InChI is InChI=1S/C50H36N2O/c1-49(2)38-19-9-6-16-34(38)37-26-24-32(28-43(37)49)44-30-45(52-48(51-44)31-14-4-3-5-15-31)33-25-27-42-47(29-33)53-46-23-13-12-22-41(46)50(42)39-20-10-7-17-35(39)36-18-8-11-21-40(36)50/h3-30,44H,1-2H3,(H,51,52). The molecule has 0 aromatic heterocycles. The van der Waals surface area contributed by atoms with Gasteiger partial charge >= 0.3 is 0 Å². The first-order valence-corrected chi connectivity index (χ1v) is 18.5. The van der Waals surface area contributed by atoms with Gasteiger partial charge in [-0.2, -0.15) is 0 Å². The van der Waals surface area contributed by atoms with Crippen molar-refractivity contribution in [1.29, 1.82) is 0 Å². The van der Waals surface area contributed by atoms with E-state index >= 15 is 0 Å². The number of aliphatic imine (C=N–C) groups is 1. The van der Waals surface area contributed by atoms with Crippen molar-refractivity contribution >= 4 is 11.5 Å². The first kappa shape index (κ1) is 30.2. The Morgan fingerprint density at radius 3 is 1.81 bits per heavy atom. The van der Waals surface area contributed by atoms with Crippen LogP contribution in [0.3, 0.4) is 0 Å². The van der Waals surface area contributed by atoms with Crippen LogP contribution in [0.4, 0.5) is 0 Å². The van der Waals surface area contributed by atoms with Gasteiger partial charge in [0.2, 0.25) is 0 Å². The Morgan fingerprint density at radius 2 is 1.08 bits per heavy atom. The van der Waals surface area contributed by atoms with E-state index < -0.39 is 5.41 Å². The van der Waals surface area contributed by atoms with Crippen molar-refractivity contribution in [1.82, 2.24) is 5.32 Å². The topological polar surface area (TPSA) is 33.6 Å². The second-order valence-electron chi connectivity index (χ2n) is 15.1. The number of para-hydroxylation sites is 1. The quantitative estimate of drug-likeness (QED) is 0.201. The van der Waals surface area contributed by atoms with Crippen molar-refractivity contribution in [3.05, 3.63) is 220 Å². The van der Waals surface area contributed by atoms with Crippen molar-refractivity contribution in [2.75, 3.05) is 0 Å². The third-order valence-electron chi connectivity index (χ3n) is 12.0. The largest absolute Gasteiger partial charge is 0.457 e. The SMILES string of the molecule is CC1(C)c2ccccc2-c2ccc(C3C=C(c4ccc5c(c4)Oc4ccccc4C54c5ccccc5-c5ccccc54)NC(c4ccccc4)=N3)cc21. The highest BCUT2D eigenvalue weighted by atomic mass is 16.5. The molecule has 1 N–H and O–H groups in total. The molecule has 0 bridgehead atoms. The fraction of sp³-hybridized carbons (Fsp3) is 0.100. The molecule has 0 fully saturated rings. The zero-order chi connectivity index (χ0) is 35.3. The molecule has 2 aliphatic heterocycles. The van der Waals surface area contributed by atoms with Crippen LogP contribution in [0.25, 0.3) is 28.0 Å². The van der Waals surface area contributed by atoms with Crippen LogP contribution < -0.4 is 10.1 Å². The third kappa shape index (κ3) is 4.19. The Hall–Kier alpha value is -6.45. The zero-order valence-corrected chi connectivity index (χ0v) is 29.6. The van der Waals surface area contributed by atoms with E-state index in [-0.39, 0.29) is 11.5 Å². The summed E-state index contributed by atoms with van der Waals surface area (Å²) >= 11 is 0. The predicted octanol–water partition coefficient (Wildman–Crippen LogP) is 11.6. The van der Waals surface area contributed by atoms with Gasteiger partial charge in [-0.3, -0.25) is 4.99 Å². The summed E-state index contributed by atoms with van der Waals surface area (Å²) in [4.78, 5) is 5.34. The molecule has 7 aromatic carbocycles. The van der Waals surface area contributed by atoms with Gasteiger partial charge in [0.25, 0.3) is 0 Å². The lowest BCUT2D eigenvalue weighted by molar-refractivity contribution is 0.436. The number of benzene rings is 7. The Labute approximate surface area is 310 Å². The average molecular weight is 681 g/mol. The number of rotatable bonds is 3. The molecule has 1 unspecified atom stereocenters. The Kier molecular flexibility index (Phi) is 6.28. The highest BCUT2D eigenvalue weighted by Gasteiger charge is 2.51. The summed E-state index contributed by atoms with van der Waals surface area (Å²) in [5.41, 5.74) is 16.6. The van der Waals surface area contributed by atoms with Gasteiger partial charge in [-0.05, 0) is 68.3 Å². The van der Waals surface area contributed by atoms with Crippen LogP contribution in [0.2, 0.25) is 0 Å². The number of hydrogen-bond donors (Lipinski definition) is 1. The maximum atomic E-state index is 6.87. The van der Waals surface area contributed by atoms with E-state index in [9.17, 15) is 0 Å². The molecule has 7 aromatic rings. The Bertz CT molecular complexity index is 2670. The van der Waals surface area contributed by atoms with E-state index in [0.29, 0.717) is 0 Å². The third-order valence-corrected chi connectivity index (χ3v) is 12.0. The van der Waals surface area contributed by atoms with E-state index in [2.05, 4.69) is 189 Å². The molecule has 53 heavy (non-hydrogen) atoms. The van der Waals surface area contributed by atoms with Crippen molar-refractivity contribution < 1.29 is 4.74 Å². The number of fused-ring (bicyclic) bond motifs is 12. The highest BCUT2D eigenvalue weighted by molar-refractivity contribution is 6.05. The van der Waals surface area contributed by atoms with E-state index in [4.69, 9.17) is 9.73 Å². The van der Waals surface area contributed by atoms with Gasteiger partial charge in [-0.15, -0.1) is 0 Å². The fourth-order valence-corrected chi connectivity index (χ4v) is 9.55. The number of amidine groups is 1. The summed E-state index contributed by atoms with van der Waals surface area (Å²) in [7, 11) is 0. The average Bonchev–Trinajstić information content (AvgIpc) is 3.63. The molecule has 0 saturated heterocycles. The van der Waals surface area contributed by atoms with Gasteiger partial charge in [0.15, 0.2) is 0 Å². The number of ether oxygens (including phenoxy) is 1. The summed E-state index contributed by atoms with van der Waals surface area (Å²) in [5.74, 6) is 2.61. The molecular weight excluding hydrogens is 645 g/mol. The summed E-state index contributed by atoms with van der Waals surface area (Å²) in [5, 5.41) is 3.74. The molecular formula is C50H36N2O. The maximum absolute atomic E-state index is 6.87. The Morgan fingerprint density at radius 1 is 0.491 bits per heavy atom. The van der Waals surface area contributed by atoms with Crippen LogP contribution in [-0.4, -0.2) is 5.84 Å². The molecule has 3 nitrogen and oxygen atoms in total. The van der Waals surface area contributed by atoms with Crippen LogP contribution in [0.15, 0.2) is 175 Å². The molecule has 1 spiro atoms. The van der Waals surface area contributed by atoms with Crippen LogP contribution in [0, 0.1) is 0 Å². The van der Waals surface area contributed by atoms with Crippen molar-refractivity contribution in [3.63, 3.8) is 0 Å². The predicted molar refractivity (Wildman–Crippen MR) is 215 cm³/mol. The molecule has 4 aliphatic rings. The molecule has 3 heteroatoms. The molecule has 252 valence electrons. The zero-order valence-electron chi connectivity index (χ0n) is 29.6. The molecule has 0 amide bonds. The molecule has 0 radical (unpaired) electrons. The molecule has 11 rings (SSSR count). The number of nitrogens with zero attached hydrogens (tertiary/aromatic N) is 1.